The SMILES string of the molecule is Nc1nc2cc([C@H]3C[C@@]4(CS3)C[C@@H](n3ccc5c(N)ncnc53)[C@H](O)[C@@H]4O)ccc2cc1Br. The van der Waals surface area contributed by atoms with Gasteiger partial charge in [-0.05, 0) is 52.5 Å². The summed E-state index contributed by atoms with van der Waals surface area (Å²) in [6, 6.07) is 9.84. The molecule has 6 rings (SSSR count). The molecule has 6 N–H and O–H groups in total. The molecule has 0 amide bonds. The van der Waals surface area contributed by atoms with Gasteiger partial charge in [-0.25, -0.2) is 15.0 Å². The molecule has 3 aromatic heterocycles. The van der Waals surface area contributed by atoms with Gasteiger partial charge in [-0.2, -0.15) is 11.8 Å². The zero-order valence-corrected chi connectivity index (χ0v) is 20.0. The zero-order chi connectivity index (χ0) is 22.9. The average molecular weight is 527 g/mol. The van der Waals surface area contributed by atoms with Crippen LogP contribution in [0.15, 0.2) is 47.3 Å². The summed E-state index contributed by atoms with van der Waals surface area (Å²) in [6.07, 6.45) is 3.06. The Bertz CT molecular complexity index is 1400. The van der Waals surface area contributed by atoms with Crippen molar-refractivity contribution in [2.24, 2.45) is 5.41 Å². The van der Waals surface area contributed by atoms with Crippen molar-refractivity contribution >= 4 is 61.3 Å². The van der Waals surface area contributed by atoms with Crippen molar-refractivity contribution in [2.75, 3.05) is 17.2 Å². The number of rotatable bonds is 2. The lowest BCUT2D eigenvalue weighted by molar-refractivity contribution is -0.0204. The molecular formula is C23H23BrN6O2S. The Morgan fingerprint density at radius 2 is 1.94 bits per heavy atom. The summed E-state index contributed by atoms with van der Waals surface area (Å²) in [4.78, 5) is 12.9. The lowest BCUT2D eigenvalue weighted by Gasteiger charge is -2.27. The highest BCUT2D eigenvalue weighted by molar-refractivity contribution is 9.10. The number of thioether (sulfide) groups is 1. The number of nitrogens with zero attached hydrogens (tertiary/aromatic N) is 4. The number of fused-ring (bicyclic) bond motifs is 2. The molecule has 4 aromatic rings. The molecule has 1 aliphatic carbocycles. The summed E-state index contributed by atoms with van der Waals surface area (Å²) >= 11 is 5.26. The van der Waals surface area contributed by atoms with Crippen LogP contribution < -0.4 is 11.5 Å². The first-order chi connectivity index (χ1) is 15.9. The molecule has 0 bridgehead atoms. The summed E-state index contributed by atoms with van der Waals surface area (Å²) in [5.74, 6) is 1.66. The first kappa shape index (κ1) is 21.2. The number of nitrogen functional groups attached to an aromatic ring is 2. The number of pyridine rings is 1. The first-order valence-corrected chi connectivity index (χ1v) is 12.6. The van der Waals surface area contributed by atoms with Crippen LogP contribution in [0.25, 0.3) is 21.9 Å². The van der Waals surface area contributed by atoms with Crippen LogP contribution in [0.3, 0.4) is 0 Å². The fourth-order valence-electron chi connectivity index (χ4n) is 5.44. The molecule has 2 fully saturated rings. The molecule has 1 aromatic carbocycles. The third-order valence-electron chi connectivity index (χ3n) is 7.22. The van der Waals surface area contributed by atoms with Gasteiger partial charge >= 0.3 is 0 Å². The number of anilines is 2. The second-order valence-electron chi connectivity index (χ2n) is 9.10. The summed E-state index contributed by atoms with van der Waals surface area (Å²) in [7, 11) is 0. The maximum absolute atomic E-state index is 11.2. The van der Waals surface area contributed by atoms with Gasteiger partial charge in [0.1, 0.15) is 29.7 Å². The van der Waals surface area contributed by atoms with Crippen LogP contribution in [-0.4, -0.2) is 47.7 Å². The third-order valence-corrected chi connectivity index (χ3v) is 9.43. The monoisotopic (exact) mass is 526 g/mol. The zero-order valence-electron chi connectivity index (χ0n) is 17.6. The van der Waals surface area contributed by atoms with E-state index in [0.717, 1.165) is 38.5 Å². The van der Waals surface area contributed by atoms with Crippen LogP contribution in [0.1, 0.15) is 29.7 Å². The molecular weight excluding hydrogens is 504 g/mol. The summed E-state index contributed by atoms with van der Waals surface area (Å²) in [5.41, 5.74) is 14.3. The van der Waals surface area contributed by atoms with Gasteiger partial charge in [0.15, 0.2) is 0 Å². The smallest absolute Gasteiger partial charge is 0.145 e. The van der Waals surface area contributed by atoms with Gasteiger partial charge in [0.2, 0.25) is 0 Å². The van der Waals surface area contributed by atoms with E-state index in [9.17, 15) is 10.2 Å². The second-order valence-corrected chi connectivity index (χ2v) is 11.1. The Balaban J connectivity index is 1.30. The highest BCUT2D eigenvalue weighted by atomic mass is 79.9. The maximum atomic E-state index is 11.2. The number of aliphatic hydroxyl groups excluding tert-OH is 2. The normalized spacial score (nSPS) is 29.5. The Hall–Kier alpha value is -2.40. The van der Waals surface area contributed by atoms with Gasteiger partial charge in [-0.15, -0.1) is 0 Å². The number of benzene rings is 1. The second kappa shape index (κ2) is 7.56. The molecule has 5 atom stereocenters. The standard InChI is InChI=1S/C23H23BrN6O2S/c24-14-5-11-1-2-12(6-15(11)29-21(14)26)17-8-23(9-33-17)7-16(18(31)19(23)32)30-4-3-13-20(25)27-10-28-22(13)30/h1-6,10,16-19,31-32H,7-9H2,(H2,26,29)(H2,25,27,28)/t16-,17-,18+,19+,23-/m1/s1. The van der Waals surface area contributed by atoms with Crippen molar-refractivity contribution in [1.29, 1.82) is 0 Å². The minimum Gasteiger partial charge on any atom is -0.390 e. The van der Waals surface area contributed by atoms with Crippen molar-refractivity contribution in [3.63, 3.8) is 0 Å². The van der Waals surface area contributed by atoms with Crippen molar-refractivity contribution in [1.82, 2.24) is 19.5 Å². The van der Waals surface area contributed by atoms with Gasteiger partial charge in [0, 0.05) is 28.0 Å². The number of hydrogen-bond donors (Lipinski definition) is 4. The highest BCUT2D eigenvalue weighted by Crippen LogP contribution is 2.59. The largest absolute Gasteiger partial charge is 0.390 e. The van der Waals surface area contributed by atoms with E-state index >= 15 is 0 Å². The van der Waals surface area contributed by atoms with Gasteiger partial charge < -0.3 is 26.2 Å². The molecule has 0 unspecified atom stereocenters. The van der Waals surface area contributed by atoms with E-state index in [4.69, 9.17) is 11.5 Å². The fraction of sp³-hybridized carbons (Fsp3) is 0.348. The van der Waals surface area contributed by atoms with Crippen LogP contribution in [0, 0.1) is 5.41 Å². The van der Waals surface area contributed by atoms with Crippen molar-refractivity contribution in [2.45, 2.75) is 36.3 Å². The number of aliphatic hydroxyl groups is 2. The number of aromatic nitrogens is 4. The van der Waals surface area contributed by atoms with E-state index in [1.54, 1.807) is 0 Å². The van der Waals surface area contributed by atoms with E-state index in [-0.39, 0.29) is 16.7 Å². The van der Waals surface area contributed by atoms with Crippen molar-refractivity contribution < 1.29 is 10.2 Å². The lowest BCUT2D eigenvalue weighted by atomic mass is 9.80. The predicted molar refractivity (Wildman–Crippen MR) is 134 cm³/mol. The average Bonchev–Trinajstić information content (AvgIpc) is 3.48. The molecule has 8 nitrogen and oxygen atoms in total. The third kappa shape index (κ3) is 3.23. The number of halogens is 1. The molecule has 4 heterocycles. The quantitative estimate of drug-likeness (QED) is 0.311. The Labute approximate surface area is 202 Å². The van der Waals surface area contributed by atoms with Crippen molar-refractivity contribution in [3.05, 3.63) is 52.9 Å². The minimum atomic E-state index is -0.883. The van der Waals surface area contributed by atoms with Crippen LogP contribution in [0.4, 0.5) is 11.6 Å². The summed E-state index contributed by atoms with van der Waals surface area (Å²) in [6.45, 7) is 0. The van der Waals surface area contributed by atoms with E-state index < -0.39 is 12.2 Å². The number of hydrogen-bond acceptors (Lipinski definition) is 8. The van der Waals surface area contributed by atoms with E-state index in [1.807, 2.05) is 34.7 Å². The Kier molecular flexibility index (Phi) is 4.84. The maximum Gasteiger partial charge on any atom is 0.145 e. The first-order valence-electron chi connectivity index (χ1n) is 10.8. The molecule has 1 aliphatic heterocycles. The molecule has 1 spiro atoms. The minimum absolute atomic E-state index is 0.209. The van der Waals surface area contributed by atoms with E-state index in [2.05, 4.69) is 49.1 Å². The summed E-state index contributed by atoms with van der Waals surface area (Å²) in [5, 5.41) is 24.2. The Morgan fingerprint density at radius 1 is 1.09 bits per heavy atom. The van der Waals surface area contributed by atoms with Crippen LogP contribution >= 0.6 is 27.7 Å². The fourth-order valence-corrected chi connectivity index (χ4v) is 7.50. The Morgan fingerprint density at radius 3 is 2.79 bits per heavy atom. The highest BCUT2D eigenvalue weighted by Gasteiger charge is 2.56. The molecule has 170 valence electrons. The summed E-state index contributed by atoms with van der Waals surface area (Å²) < 4.78 is 2.73. The molecule has 1 saturated heterocycles. The molecule has 33 heavy (non-hydrogen) atoms. The molecule has 0 radical (unpaired) electrons. The van der Waals surface area contributed by atoms with Gasteiger partial charge in [0.25, 0.3) is 0 Å². The van der Waals surface area contributed by atoms with Crippen LogP contribution in [0.2, 0.25) is 0 Å². The predicted octanol–water partition coefficient (Wildman–Crippen LogP) is 3.44. The van der Waals surface area contributed by atoms with Crippen LogP contribution in [-0.2, 0) is 0 Å². The molecule has 2 aliphatic rings. The molecule has 10 heteroatoms. The van der Waals surface area contributed by atoms with E-state index in [0.29, 0.717) is 23.7 Å². The van der Waals surface area contributed by atoms with Gasteiger partial charge in [0.05, 0.1) is 27.5 Å². The number of nitrogens with two attached hydrogens (primary N) is 2. The van der Waals surface area contributed by atoms with Gasteiger partial charge in [-0.3, -0.25) is 0 Å². The van der Waals surface area contributed by atoms with Crippen molar-refractivity contribution in [3.8, 4) is 0 Å². The van der Waals surface area contributed by atoms with E-state index in [1.165, 1.54) is 6.33 Å². The van der Waals surface area contributed by atoms with Crippen LogP contribution in [0.5, 0.6) is 0 Å². The van der Waals surface area contributed by atoms with Gasteiger partial charge in [-0.1, -0.05) is 12.1 Å². The lowest BCUT2D eigenvalue weighted by Crippen LogP contribution is -2.36. The topological polar surface area (TPSA) is 136 Å². The molecule has 1 saturated carbocycles.